The summed E-state index contributed by atoms with van der Waals surface area (Å²) in [6.45, 7) is 8.32. The molecular formula is C34H47N3O6S. The van der Waals surface area contributed by atoms with Crippen LogP contribution >= 0.6 is 0 Å². The van der Waals surface area contributed by atoms with Crippen LogP contribution in [0.15, 0.2) is 73.8 Å². The summed E-state index contributed by atoms with van der Waals surface area (Å²) >= 11 is 0. The van der Waals surface area contributed by atoms with Crippen LogP contribution in [0.5, 0.6) is 5.75 Å². The van der Waals surface area contributed by atoms with Gasteiger partial charge in [0, 0.05) is 27.2 Å². The molecule has 0 spiro atoms. The third kappa shape index (κ3) is 8.29. The topological polar surface area (TPSA) is 88.6 Å². The molecule has 4 rings (SSSR count). The van der Waals surface area contributed by atoms with Gasteiger partial charge in [0.2, 0.25) is 0 Å². The SMILES string of the molecule is C=CCOC(=O)N1CC[C@H](N(Cc2ccc(OC)cc2)S(=O)(=O)N(C)C)[C@@H]1COC1CCC(c2cccc(CC=C)c2)CC1. The summed E-state index contributed by atoms with van der Waals surface area (Å²) in [4.78, 5) is 14.7. The second-order valence-corrected chi connectivity index (χ2v) is 13.8. The lowest BCUT2D eigenvalue weighted by Gasteiger charge is -2.37. The number of hydrogen-bond donors (Lipinski definition) is 0. The first-order valence-corrected chi connectivity index (χ1v) is 16.8. The number of likely N-dealkylation sites (tertiary alicyclic amines) is 1. The summed E-state index contributed by atoms with van der Waals surface area (Å²) < 4.78 is 47.3. The van der Waals surface area contributed by atoms with Gasteiger partial charge in [-0.3, -0.25) is 0 Å². The van der Waals surface area contributed by atoms with Crippen molar-refractivity contribution in [3.8, 4) is 5.75 Å². The minimum Gasteiger partial charge on any atom is -0.497 e. The van der Waals surface area contributed by atoms with Gasteiger partial charge in [-0.1, -0.05) is 55.1 Å². The number of amides is 1. The standard InChI is InChI=1S/C34H47N3O6S/c1-6-9-26-10-8-11-29(23-26)28-14-18-31(19-15-28)43-25-33-32(20-21-36(33)34(38)42-22-7-2)37(44(39,40)35(3)4)24-27-12-16-30(41-5)17-13-27/h6-8,10-13,16-17,23,28,31-33H,1-2,9,14-15,18-22,24-25H2,3-5H3/t28?,31?,32-,33-/m0/s1. The molecule has 240 valence electrons. The average molecular weight is 626 g/mol. The number of carbonyl (C=O) groups excluding carboxylic acids is 1. The van der Waals surface area contributed by atoms with Gasteiger partial charge < -0.3 is 19.1 Å². The van der Waals surface area contributed by atoms with Gasteiger partial charge in [0.05, 0.1) is 31.9 Å². The van der Waals surface area contributed by atoms with E-state index in [9.17, 15) is 13.2 Å². The normalized spacial score (nSPS) is 22.2. The van der Waals surface area contributed by atoms with Crippen LogP contribution in [0.25, 0.3) is 0 Å². The Morgan fingerprint density at radius 2 is 1.73 bits per heavy atom. The highest BCUT2D eigenvalue weighted by Crippen LogP contribution is 2.36. The van der Waals surface area contributed by atoms with Crippen molar-refractivity contribution in [2.24, 2.45) is 0 Å². The van der Waals surface area contributed by atoms with Crippen LogP contribution in [0.3, 0.4) is 0 Å². The number of rotatable bonds is 14. The second-order valence-electron chi connectivity index (χ2n) is 11.7. The average Bonchev–Trinajstić information content (AvgIpc) is 3.45. The third-order valence-electron chi connectivity index (χ3n) is 8.67. The molecule has 0 N–H and O–H groups in total. The number of carbonyl (C=O) groups is 1. The van der Waals surface area contributed by atoms with Crippen molar-refractivity contribution >= 4 is 16.3 Å². The van der Waals surface area contributed by atoms with Gasteiger partial charge in [-0.25, -0.2) is 4.79 Å². The molecular weight excluding hydrogens is 578 g/mol. The highest BCUT2D eigenvalue weighted by atomic mass is 32.2. The molecule has 0 radical (unpaired) electrons. The molecule has 1 saturated carbocycles. The number of hydrogen-bond acceptors (Lipinski definition) is 6. The van der Waals surface area contributed by atoms with E-state index in [0.29, 0.717) is 24.6 Å². The van der Waals surface area contributed by atoms with Crippen LogP contribution in [0.2, 0.25) is 0 Å². The Balaban J connectivity index is 1.50. The van der Waals surface area contributed by atoms with E-state index in [1.807, 2.05) is 30.3 Å². The van der Waals surface area contributed by atoms with Gasteiger partial charge in [-0.15, -0.1) is 6.58 Å². The summed E-state index contributed by atoms with van der Waals surface area (Å²) in [5.41, 5.74) is 3.45. The highest BCUT2D eigenvalue weighted by molar-refractivity contribution is 7.86. The fourth-order valence-corrected chi connectivity index (χ4v) is 7.56. The Bertz CT molecular complexity index is 1360. The molecule has 1 saturated heterocycles. The first-order valence-electron chi connectivity index (χ1n) is 15.4. The Kier molecular flexibility index (Phi) is 12.0. The van der Waals surface area contributed by atoms with Gasteiger partial charge in [0.15, 0.2) is 0 Å². The lowest BCUT2D eigenvalue weighted by atomic mass is 9.82. The zero-order chi connectivity index (χ0) is 31.7. The Hall–Kier alpha value is -3.18. The third-order valence-corrected chi connectivity index (χ3v) is 10.6. The lowest BCUT2D eigenvalue weighted by Crippen LogP contribution is -2.53. The molecule has 2 aromatic carbocycles. The number of ether oxygens (including phenoxy) is 3. The zero-order valence-electron chi connectivity index (χ0n) is 26.3. The van der Waals surface area contributed by atoms with Crippen molar-refractivity contribution in [1.29, 1.82) is 0 Å². The van der Waals surface area contributed by atoms with Crippen molar-refractivity contribution < 1.29 is 27.4 Å². The summed E-state index contributed by atoms with van der Waals surface area (Å²) in [6.07, 6.45) is 8.16. The summed E-state index contributed by atoms with van der Waals surface area (Å²) in [5, 5.41) is 0. The van der Waals surface area contributed by atoms with Gasteiger partial charge in [0.1, 0.15) is 12.4 Å². The monoisotopic (exact) mass is 625 g/mol. The second kappa shape index (κ2) is 15.7. The fourth-order valence-electron chi connectivity index (χ4n) is 6.24. The van der Waals surface area contributed by atoms with Gasteiger partial charge in [0.25, 0.3) is 10.2 Å². The molecule has 2 atom stereocenters. The molecule has 2 aliphatic rings. The molecule has 0 bridgehead atoms. The number of methoxy groups -OCH3 is 1. The molecule has 0 unspecified atom stereocenters. The highest BCUT2D eigenvalue weighted by Gasteiger charge is 2.46. The number of allylic oxidation sites excluding steroid dienone is 1. The summed E-state index contributed by atoms with van der Waals surface area (Å²) in [5.74, 6) is 1.17. The minimum atomic E-state index is -3.85. The molecule has 2 aromatic rings. The predicted octanol–water partition coefficient (Wildman–Crippen LogP) is 5.54. The van der Waals surface area contributed by atoms with Crippen molar-refractivity contribution in [3.05, 3.63) is 90.5 Å². The quantitative estimate of drug-likeness (QED) is 0.256. The summed E-state index contributed by atoms with van der Waals surface area (Å²) in [6, 6.07) is 15.1. The number of benzene rings is 2. The van der Waals surface area contributed by atoms with Crippen molar-refractivity contribution in [2.75, 3.05) is 41.0 Å². The largest absolute Gasteiger partial charge is 0.497 e. The number of nitrogens with zero attached hydrogens (tertiary/aromatic N) is 3. The maximum Gasteiger partial charge on any atom is 0.410 e. The molecule has 1 aliphatic carbocycles. The van der Waals surface area contributed by atoms with E-state index in [1.54, 1.807) is 12.0 Å². The van der Waals surface area contributed by atoms with Crippen LogP contribution < -0.4 is 4.74 Å². The van der Waals surface area contributed by atoms with Crippen LogP contribution in [0.1, 0.15) is 54.7 Å². The van der Waals surface area contributed by atoms with E-state index in [2.05, 4.69) is 37.4 Å². The van der Waals surface area contributed by atoms with Gasteiger partial charge in [-0.05, 0) is 73.3 Å². The van der Waals surface area contributed by atoms with Crippen molar-refractivity contribution in [3.63, 3.8) is 0 Å². The van der Waals surface area contributed by atoms with E-state index >= 15 is 0 Å². The molecule has 10 heteroatoms. The minimum absolute atomic E-state index is 0.0374. The maximum atomic E-state index is 13.7. The van der Waals surface area contributed by atoms with E-state index in [-0.39, 0.29) is 25.9 Å². The Morgan fingerprint density at radius 1 is 1.00 bits per heavy atom. The first kappa shape index (κ1) is 33.7. The van der Waals surface area contributed by atoms with Crippen LogP contribution in [0.4, 0.5) is 4.79 Å². The van der Waals surface area contributed by atoms with Crippen LogP contribution in [0, 0.1) is 0 Å². The Morgan fingerprint density at radius 3 is 2.36 bits per heavy atom. The van der Waals surface area contributed by atoms with Crippen LogP contribution in [-0.4, -0.2) is 87.2 Å². The molecule has 9 nitrogen and oxygen atoms in total. The molecule has 1 aliphatic heterocycles. The van der Waals surface area contributed by atoms with Crippen molar-refractivity contribution in [2.45, 2.75) is 69.2 Å². The molecule has 1 amide bonds. The van der Waals surface area contributed by atoms with E-state index in [0.717, 1.165) is 37.7 Å². The molecule has 0 aromatic heterocycles. The first-order chi connectivity index (χ1) is 21.2. The molecule has 1 heterocycles. The zero-order valence-corrected chi connectivity index (χ0v) is 27.1. The smallest absolute Gasteiger partial charge is 0.410 e. The van der Waals surface area contributed by atoms with E-state index in [4.69, 9.17) is 14.2 Å². The predicted molar refractivity (Wildman–Crippen MR) is 173 cm³/mol. The summed E-state index contributed by atoms with van der Waals surface area (Å²) in [7, 11) is 0.800. The Labute approximate surface area is 263 Å². The lowest BCUT2D eigenvalue weighted by molar-refractivity contribution is -0.0120. The fraction of sp³-hybridized carbons (Fsp3) is 0.500. The van der Waals surface area contributed by atoms with E-state index < -0.39 is 28.4 Å². The van der Waals surface area contributed by atoms with E-state index in [1.165, 1.54) is 39.9 Å². The van der Waals surface area contributed by atoms with Gasteiger partial charge in [-0.2, -0.15) is 17.0 Å². The van der Waals surface area contributed by atoms with Crippen molar-refractivity contribution in [1.82, 2.24) is 13.5 Å². The molecule has 2 fully saturated rings. The molecule has 44 heavy (non-hydrogen) atoms. The van der Waals surface area contributed by atoms with Gasteiger partial charge >= 0.3 is 6.09 Å². The van der Waals surface area contributed by atoms with Crippen LogP contribution in [-0.2, 0) is 32.6 Å². The maximum absolute atomic E-state index is 13.7.